The van der Waals surface area contributed by atoms with E-state index in [4.69, 9.17) is 23.2 Å². The Morgan fingerprint density at radius 2 is 1.75 bits per heavy atom. The molecule has 0 spiro atoms. The molecule has 150 valence electrons. The lowest BCUT2D eigenvalue weighted by Gasteiger charge is -2.29. The summed E-state index contributed by atoms with van der Waals surface area (Å²) >= 11 is 12.0. The molecule has 0 unspecified atom stereocenters. The lowest BCUT2D eigenvalue weighted by atomic mass is 10.1. The summed E-state index contributed by atoms with van der Waals surface area (Å²) < 4.78 is 14.0. The molecule has 0 aromatic heterocycles. The molecule has 0 aliphatic carbocycles. The molecule has 0 aliphatic rings. The highest BCUT2D eigenvalue weighted by atomic mass is 35.5. The summed E-state index contributed by atoms with van der Waals surface area (Å²) in [7, 11) is 0. The van der Waals surface area contributed by atoms with Gasteiger partial charge in [-0.1, -0.05) is 47.5 Å². The zero-order valence-corrected chi connectivity index (χ0v) is 17.5. The first-order valence-electron chi connectivity index (χ1n) is 8.96. The van der Waals surface area contributed by atoms with Gasteiger partial charge in [-0.15, -0.1) is 0 Å². The van der Waals surface area contributed by atoms with Gasteiger partial charge >= 0.3 is 0 Å². The molecule has 4 nitrogen and oxygen atoms in total. The minimum Gasteiger partial charge on any atom is -0.352 e. The van der Waals surface area contributed by atoms with E-state index in [0.29, 0.717) is 10.0 Å². The van der Waals surface area contributed by atoms with Gasteiger partial charge in [0.1, 0.15) is 11.9 Å². The Bertz CT molecular complexity index is 858. The summed E-state index contributed by atoms with van der Waals surface area (Å²) in [5.41, 5.74) is 1.00. The van der Waals surface area contributed by atoms with Gasteiger partial charge in [0.25, 0.3) is 0 Å². The first-order chi connectivity index (χ1) is 13.2. The Kier molecular flexibility index (Phi) is 7.84. The van der Waals surface area contributed by atoms with E-state index in [1.165, 1.54) is 11.0 Å². The van der Waals surface area contributed by atoms with Gasteiger partial charge in [0.15, 0.2) is 0 Å². The predicted octanol–water partition coefficient (Wildman–Crippen LogP) is 4.62. The van der Waals surface area contributed by atoms with Crippen molar-refractivity contribution in [2.45, 2.75) is 45.8 Å². The van der Waals surface area contributed by atoms with Crippen LogP contribution in [0.2, 0.25) is 10.0 Å². The van der Waals surface area contributed by atoms with Gasteiger partial charge in [0.05, 0.1) is 16.5 Å². The number of hydrogen-bond acceptors (Lipinski definition) is 2. The van der Waals surface area contributed by atoms with Gasteiger partial charge in [0.2, 0.25) is 11.8 Å². The van der Waals surface area contributed by atoms with Crippen molar-refractivity contribution < 1.29 is 14.0 Å². The van der Waals surface area contributed by atoms with E-state index in [9.17, 15) is 14.0 Å². The monoisotopic (exact) mass is 424 g/mol. The SMILES string of the molecule is CC(C)NC(=O)[C@H](C)N(Cc1ccc(Cl)c(Cl)c1)C(=O)Cc1ccccc1F. The van der Waals surface area contributed by atoms with Crippen LogP contribution in [0.5, 0.6) is 0 Å². The summed E-state index contributed by atoms with van der Waals surface area (Å²) in [4.78, 5) is 26.9. The van der Waals surface area contributed by atoms with Crippen LogP contribution < -0.4 is 5.32 Å². The number of amides is 2. The second kappa shape index (κ2) is 9.89. The fourth-order valence-electron chi connectivity index (χ4n) is 2.73. The molecule has 7 heteroatoms. The summed E-state index contributed by atoms with van der Waals surface area (Å²) in [5.74, 6) is -1.09. The topological polar surface area (TPSA) is 49.4 Å². The van der Waals surface area contributed by atoms with Crippen LogP contribution in [0.3, 0.4) is 0 Å². The van der Waals surface area contributed by atoms with Gasteiger partial charge in [-0.3, -0.25) is 9.59 Å². The second-order valence-corrected chi connectivity index (χ2v) is 7.69. The number of nitrogens with one attached hydrogen (secondary N) is 1. The van der Waals surface area contributed by atoms with Crippen molar-refractivity contribution in [2.75, 3.05) is 0 Å². The van der Waals surface area contributed by atoms with Crippen LogP contribution >= 0.6 is 23.2 Å². The lowest BCUT2D eigenvalue weighted by molar-refractivity contribution is -0.140. The Morgan fingerprint density at radius 3 is 2.36 bits per heavy atom. The summed E-state index contributed by atoms with van der Waals surface area (Å²) in [6.45, 7) is 5.48. The van der Waals surface area contributed by atoms with Gasteiger partial charge in [-0.25, -0.2) is 4.39 Å². The van der Waals surface area contributed by atoms with Crippen LogP contribution in [0.4, 0.5) is 4.39 Å². The fraction of sp³-hybridized carbons (Fsp3) is 0.333. The molecule has 0 bridgehead atoms. The second-order valence-electron chi connectivity index (χ2n) is 6.88. The van der Waals surface area contributed by atoms with Crippen molar-refractivity contribution >= 4 is 35.0 Å². The summed E-state index contributed by atoms with van der Waals surface area (Å²) in [5, 5.41) is 3.57. The number of carbonyl (C=O) groups excluding carboxylic acids is 2. The van der Waals surface area contributed by atoms with Crippen molar-refractivity contribution in [1.29, 1.82) is 0 Å². The standard InChI is InChI=1S/C21H23Cl2FN2O2/c1-13(2)25-21(28)14(3)26(12-15-8-9-17(22)18(23)10-15)20(27)11-16-6-4-5-7-19(16)24/h4-10,13-14H,11-12H2,1-3H3,(H,25,28)/t14-/m0/s1. The Balaban J connectivity index is 2.28. The van der Waals surface area contributed by atoms with E-state index < -0.39 is 11.9 Å². The van der Waals surface area contributed by atoms with E-state index in [2.05, 4.69) is 5.32 Å². The highest BCUT2D eigenvalue weighted by molar-refractivity contribution is 6.42. The minimum absolute atomic E-state index is 0.0663. The number of halogens is 3. The molecule has 2 rings (SSSR count). The maximum atomic E-state index is 14.0. The molecule has 2 aromatic rings. The third-order valence-electron chi connectivity index (χ3n) is 4.23. The number of carbonyl (C=O) groups is 2. The Morgan fingerprint density at radius 1 is 1.07 bits per heavy atom. The fourth-order valence-corrected chi connectivity index (χ4v) is 3.05. The van der Waals surface area contributed by atoms with Crippen LogP contribution in [-0.2, 0) is 22.6 Å². The number of rotatable bonds is 7. The summed E-state index contributed by atoms with van der Waals surface area (Å²) in [6.07, 6.45) is -0.146. The number of hydrogen-bond donors (Lipinski definition) is 1. The predicted molar refractivity (Wildman–Crippen MR) is 110 cm³/mol. The zero-order valence-electron chi connectivity index (χ0n) is 16.0. The molecule has 1 N–H and O–H groups in total. The molecule has 0 radical (unpaired) electrons. The molecule has 0 heterocycles. The van der Waals surface area contributed by atoms with Gasteiger partial charge in [-0.05, 0) is 50.1 Å². The summed E-state index contributed by atoms with van der Waals surface area (Å²) in [6, 6.07) is 10.3. The smallest absolute Gasteiger partial charge is 0.242 e. The molecular formula is C21H23Cl2FN2O2. The minimum atomic E-state index is -0.740. The molecule has 0 aliphatic heterocycles. The van der Waals surface area contributed by atoms with Crippen LogP contribution in [0.1, 0.15) is 31.9 Å². The molecular weight excluding hydrogens is 402 g/mol. The van der Waals surface area contributed by atoms with Crippen molar-refractivity contribution in [2.24, 2.45) is 0 Å². The van der Waals surface area contributed by atoms with E-state index in [0.717, 1.165) is 5.56 Å². The molecule has 1 atom stereocenters. The highest BCUT2D eigenvalue weighted by Gasteiger charge is 2.27. The zero-order chi connectivity index (χ0) is 20.8. The number of nitrogens with zero attached hydrogens (tertiary/aromatic N) is 1. The molecule has 28 heavy (non-hydrogen) atoms. The molecule has 2 amide bonds. The average molecular weight is 425 g/mol. The van der Waals surface area contributed by atoms with Gasteiger partial charge < -0.3 is 10.2 Å². The highest BCUT2D eigenvalue weighted by Crippen LogP contribution is 2.24. The van der Waals surface area contributed by atoms with E-state index in [-0.39, 0.29) is 36.4 Å². The quantitative estimate of drug-likeness (QED) is 0.704. The first kappa shape index (κ1) is 22.2. The average Bonchev–Trinajstić information content (AvgIpc) is 2.63. The molecule has 0 saturated carbocycles. The van der Waals surface area contributed by atoms with Crippen molar-refractivity contribution in [3.63, 3.8) is 0 Å². The molecule has 0 fully saturated rings. The maximum Gasteiger partial charge on any atom is 0.242 e. The lowest BCUT2D eigenvalue weighted by Crippen LogP contribution is -2.49. The number of benzene rings is 2. The van der Waals surface area contributed by atoms with Crippen LogP contribution in [0.15, 0.2) is 42.5 Å². The van der Waals surface area contributed by atoms with E-state index in [1.54, 1.807) is 43.3 Å². The van der Waals surface area contributed by atoms with Crippen molar-refractivity contribution in [3.8, 4) is 0 Å². The molecule has 0 saturated heterocycles. The van der Waals surface area contributed by atoms with Gasteiger partial charge in [-0.2, -0.15) is 0 Å². The third-order valence-corrected chi connectivity index (χ3v) is 4.97. The van der Waals surface area contributed by atoms with Gasteiger partial charge in [0, 0.05) is 12.6 Å². The van der Waals surface area contributed by atoms with E-state index >= 15 is 0 Å². The van der Waals surface area contributed by atoms with E-state index in [1.807, 2.05) is 13.8 Å². The first-order valence-corrected chi connectivity index (χ1v) is 9.71. The Labute approximate surface area is 174 Å². The van der Waals surface area contributed by atoms with Crippen LogP contribution in [-0.4, -0.2) is 28.8 Å². The largest absolute Gasteiger partial charge is 0.352 e. The normalized spacial score (nSPS) is 12.0. The Hall–Kier alpha value is -2.11. The van der Waals surface area contributed by atoms with Crippen LogP contribution in [0, 0.1) is 5.82 Å². The van der Waals surface area contributed by atoms with Crippen molar-refractivity contribution in [3.05, 3.63) is 69.5 Å². The van der Waals surface area contributed by atoms with Crippen molar-refractivity contribution in [1.82, 2.24) is 10.2 Å². The molecule has 2 aromatic carbocycles. The maximum absolute atomic E-state index is 14.0. The van der Waals surface area contributed by atoms with Crippen LogP contribution in [0.25, 0.3) is 0 Å². The third kappa shape index (κ3) is 5.94.